The zero-order valence-electron chi connectivity index (χ0n) is 24.6. The topological polar surface area (TPSA) is 62.5 Å². The summed E-state index contributed by atoms with van der Waals surface area (Å²) in [6.07, 6.45) is -0.330. The van der Waals surface area contributed by atoms with Crippen LogP contribution in [0.5, 0.6) is 0 Å². The number of hydrogen-bond donors (Lipinski definition) is 1. The van der Waals surface area contributed by atoms with Crippen molar-refractivity contribution in [2.45, 2.75) is 20.0 Å². The Hall–Kier alpha value is -5.68. The van der Waals surface area contributed by atoms with Gasteiger partial charge in [-0.1, -0.05) is 115 Å². The second kappa shape index (κ2) is 11.9. The quantitative estimate of drug-likeness (QED) is 0.218. The van der Waals surface area contributed by atoms with Gasteiger partial charge in [0.25, 0.3) is 0 Å². The van der Waals surface area contributed by atoms with Gasteiger partial charge in [0.15, 0.2) is 11.7 Å². The Balaban J connectivity index is 1.33. The Morgan fingerprint density at radius 2 is 0.977 bits per heavy atom. The minimum Gasteiger partial charge on any atom is -0.344 e. The molecule has 1 N–H and O–H groups in total. The summed E-state index contributed by atoms with van der Waals surface area (Å²) in [4.78, 5) is 19.4. The van der Waals surface area contributed by atoms with Crippen LogP contribution in [0.2, 0.25) is 0 Å². The van der Waals surface area contributed by atoms with Crippen LogP contribution in [-0.4, -0.2) is 21.6 Å². The predicted molar refractivity (Wildman–Crippen MR) is 180 cm³/mol. The third kappa shape index (κ3) is 5.81. The normalized spacial score (nSPS) is 14.4. The SMILES string of the molecule is Cc1cc(C)nc(-c2ccc(-c3cc(-c4ccccc4)cc(C4N=C(c5ccccc5)N=C(c5ccccc5)N4)c3)cc2)n1. The van der Waals surface area contributed by atoms with Gasteiger partial charge in [-0.15, -0.1) is 0 Å². The highest BCUT2D eigenvalue weighted by Gasteiger charge is 2.22. The standard InChI is InChI=1S/C39H31N5/c1-26-22-27(2)41-36(40-26)32-20-18-29(19-21-32)34-23-33(28-12-6-3-7-13-28)24-35(25-34)39-43-37(30-14-8-4-9-15-30)42-38(44-39)31-16-10-5-11-17-31/h3-25,39H,1-2H3,(H,42,43,44). The third-order valence-electron chi connectivity index (χ3n) is 7.66. The van der Waals surface area contributed by atoms with E-state index < -0.39 is 0 Å². The van der Waals surface area contributed by atoms with E-state index in [2.05, 4.69) is 106 Å². The van der Waals surface area contributed by atoms with Crippen LogP contribution in [0.1, 0.15) is 34.2 Å². The molecule has 0 amide bonds. The summed E-state index contributed by atoms with van der Waals surface area (Å²) >= 11 is 0. The predicted octanol–water partition coefficient (Wildman–Crippen LogP) is 8.59. The summed E-state index contributed by atoms with van der Waals surface area (Å²) in [5.74, 6) is 2.25. The van der Waals surface area contributed by atoms with Gasteiger partial charge in [-0.3, -0.25) is 0 Å². The maximum absolute atomic E-state index is 5.14. The summed E-state index contributed by atoms with van der Waals surface area (Å²) in [5.41, 5.74) is 10.5. The molecule has 0 saturated carbocycles. The average molecular weight is 570 g/mol. The summed E-state index contributed by atoms with van der Waals surface area (Å²) in [5, 5.41) is 3.63. The first-order valence-corrected chi connectivity index (χ1v) is 14.8. The molecule has 7 rings (SSSR count). The van der Waals surface area contributed by atoms with Gasteiger partial charge in [-0.2, -0.15) is 0 Å². The Morgan fingerprint density at radius 3 is 1.57 bits per heavy atom. The lowest BCUT2D eigenvalue weighted by atomic mass is 9.94. The van der Waals surface area contributed by atoms with Crippen molar-refractivity contribution in [2.75, 3.05) is 0 Å². The number of rotatable bonds is 6. The molecule has 1 aliphatic heterocycles. The van der Waals surface area contributed by atoms with Gasteiger partial charge < -0.3 is 5.32 Å². The van der Waals surface area contributed by atoms with E-state index in [0.717, 1.165) is 67.6 Å². The van der Waals surface area contributed by atoms with Crippen molar-refractivity contribution in [3.63, 3.8) is 0 Å². The van der Waals surface area contributed by atoms with Gasteiger partial charge in [-0.25, -0.2) is 20.0 Å². The third-order valence-corrected chi connectivity index (χ3v) is 7.66. The molecule has 1 unspecified atom stereocenters. The molecule has 1 atom stereocenters. The first kappa shape index (κ1) is 27.2. The number of aliphatic imine (C=N–C) groups is 2. The molecule has 5 aromatic carbocycles. The van der Waals surface area contributed by atoms with Gasteiger partial charge >= 0.3 is 0 Å². The highest BCUT2D eigenvalue weighted by atomic mass is 15.2. The Labute approximate surface area is 257 Å². The van der Waals surface area contributed by atoms with Crippen LogP contribution >= 0.6 is 0 Å². The lowest BCUT2D eigenvalue weighted by molar-refractivity contribution is 0.674. The maximum Gasteiger partial charge on any atom is 0.159 e. The molecule has 0 saturated heterocycles. The van der Waals surface area contributed by atoms with Gasteiger partial charge in [0.1, 0.15) is 12.0 Å². The summed E-state index contributed by atoms with van der Waals surface area (Å²) in [6.45, 7) is 4.00. The van der Waals surface area contributed by atoms with Gasteiger partial charge in [0, 0.05) is 28.1 Å². The molecule has 212 valence electrons. The van der Waals surface area contributed by atoms with E-state index in [1.54, 1.807) is 0 Å². The number of aromatic nitrogens is 2. The Morgan fingerprint density at radius 1 is 0.477 bits per heavy atom. The van der Waals surface area contributed by atoms with Gasteiger partial charge in [-0.05, 0) is 65.9 Å². The molecule has 1 aliphatic rings. The number of benzene rings is 5. The zero-order valence-corrected chi connectivity index (χ0v) is 24.6. The Kier molecular flexibility index (Phi) is 7.35. The minimum atomic E-state index is -0.330. The minimum absolute atomic E-state index is 0.330. The summed E-state index contributed by atoms with van der Waals surface area (Å²) in [6, 6.07) is 48.1. The fourth-order valence-corrected chi connectivity index (χ4v) is 5.52. The van der Waals surface area contributed by atoms with Crippen LogP contribution in [0, 0.1) is 13.8 Å². The second-order valence-corrected chi connectivity index (χ2v) is 11.0. The lowest BCUT2D eigenvalue weighted by Crippen LogP contribution is -2.33. The van der Waals surface area contributed by atoms with Crippen molar-refractivity contribution < 1.29 is 0 Å². The van der Waals surface area contributed by atoms with Crippen molar-refractivity contribution in [3.05, 3.63) is 168 Å². The number of hydrogen-bond acceptors (Lipinski definition) is 5. The van der Waals surface area contributed by atoms with E-state index in [1.807, 2.05) is 62.4 Å². The van der Waals surface area contributed by atoms with Gasteiger partial charge in [0.2, 0.25) is 0 Å². The van der Waals surface area contributed by atoms with Crippen molar-refractivity contribution in [3.8, 4) is 33.6 Å². The van der Waals surface area contributed by atoms with Gasteiger partial charge in [0.05, 0.1) is 0 Å². The molecule has 6 aromatic rings. The molecular formula is C39H31N5. The molecule has 44 heavy (non-hydrogen) atoms. The van der Waals surface area contributed by atoms with Crippen molar-refractivity contribution in [1.29, 1.82) is 0 Å². The van der Waals surface area contributed by atoms with E-state index in [0.29, 0.717) is 5.84 Å². The molecule has 0 spiro atoms. The molecule has 1 aromatic heterocycles. The molecule has 0 fully saturated rings. The summed E-state index contributed by atoms with van der Waals surface area (Å²) < 4.78 is 0. The van der Waals surface area contributed by atoms with E-state index in [4.69, 9.17) is 9.98 Å². The molecule has 0 aliphatic carbocycles. The largest absolute Gasteiger partial charge is 0.344 e. The van der Waals surface area contributed by atoms with Crippen LogP contribution in [0.25, 0.3) is 33.6 Å². The first-order valence-electron chi connectivity index (χ1n) is 14.8. The van der Waals surface area contributed by atoms with E-state index >= 15 is 0 Å². The monoisotopic (exact) mass is 569 g/mol. The van der Waals surface area contributed by atoms with Crippen LogP contribution < -0.4 is 5.32 Å². The molecular weight excluding hydrogens is 538 g/mol. The van der Waals surface area contributed by atoms with Crippen LogP contribution in [0.15, 0.2) is 150 Å². The number of nitrogens with zero attached hydrogens (tertiary/aromatic N) is 4. The highest BCUT2D eigenvalue weighted by Crippen LogP contribution is 2.33. The lowest BCUT2D eigenvalue weighted by Gasteiger charge is -2.24. The average Bonchev–Trinajstić information content (AvgIpc) is 3.09. The molecule has 0 bridgehead atoms. The molecule has 0 radical (unpaired) electrons. The van der Waals surface area contributed by atoms with E-state index in [-0.39, 0.29) is 6.17 Å². The van der Waals surface area contributed by atoms with Crippen molar-refractivity contribution in [2.24, 2.45) is 9.98 Å². The fourth-order valence-electron chi connectivity index (χ4n) is 5.52. The smallest absolute Gasteiger partial charge is 0.159 e. The van der Waals surface area contributed by atoms with E-state index in [1.165, 1.54) is 0 Å². The van der Waals surface area contributed by atoms with Crippen molar-refractivity contribution >= 4 is 11.7 Å². The van der Waals surface area contributed by atoms with Crippen molar-refractivity contribution in [1.82, 2.24) is 15.3 Å². The maximum atomic E-state index is 5.14. The van der Waals surface area contributed by atoms with Crippen LogP contribution in [0.3, 0.4) is 0 Å². The van der Waals surface area contributed by atoms with E-state index in [9.17, 15) is 0 Å². The fraction of sp³-hybridized carbons (Fsp3) is 0.0769. The van der Waals surface area contributed by atoms with Crippen LogP contribution in [0.4, 0.5) is 0 Å². The highest BCUT2D eigenvalue weighted by molar-refractivity contribution is 6.13. The van der Waals surface area contributed by atoms with Crippen LogP contribution in [-0.2, 0) is 0 Å². The first-order chi connectivity index (χ1) is 21.6. The molecule has 2 heterocycles. The molecule has 5 heteroatoms. The Bertz CT molecular complexity index is 1960. The number of aryl methyl sites for hydroxylation is 2. The zero-order chi connectivity index (χ0) is 29.9. The molecule has 5 nitrogen and oxygen atoms in total. The second-order valence-electron chi connectivity index (χ2n) is 11.0. The number of nitrogens with one attached hydrogen (secondary N) is 1. The summed E-state index contributed by atoms with van der Waals surface area (Å²) in [7, 11) is 0. The number of amidine groups is 2.